The molecule has 118 valence electrons. The van der Waals surface area contributed by atoms with E-state index in [1.807, 2.05) is 0 Å². The second kappa shape index (κ2) is 5.92. The van der Waals surface area contributed by atoms with E-state index in [0.29, 0.717) is 17.3 Å². The van der Waals surface area contributed by atoms with Crippen LogP contribution in [0.1, 0.15) is 11.1 Å². The van der Waals surface area contributed by atoms with E-state index in [0.717, 1.165) is 22.7 Å². The summed E-state index contributed by atoms with van der Waals surface area (Å²) in [4.78, 5) is -0.440. The second-order valence-electron chi connectivity index (χ2n) is 4.59. The highest BCUT2D eigenvalue weighted by Gasteiger charge is 2.31. The molecule has 0 saturated carbocycles. The van der Waals surface area contributed by atoms with Gasteiger partial charge in [0.1, 0.15) is 0 Å². The lowest BCUT2D eigenvalue weighted by Gasteiger charge is -2.12. The van der Waals surface area contributed by atoms with E-state index >= 15 is 0 Å². The van der Waals surface area contributed by atoms with Gasteiger partial charge in [-0.25, -0.2) is 8.42 Å². The molecule has 2 aromatic carbocycles. The minimum absolute atomic E-state index is 0.306. The van der Waals surface area contributed by atoms with Crippen LogP contribution in [-0.2, 0) is 16.2 Å². The van der Waals surface area contributed by atoms with Crippen LogP contribution >= 0.6 is 15.9 Å². The first kappa shape index (κ1) is 16.8. The molecule has 0 bridgehead atoms. The van der Waals surface area contributed by atoms with Crippen molar-refractivity contribution in [3.8, 4) is 0 Å². The largest absolute Gasteiger partial charge is 0.416 e. The number of hydrogen-bond acceptors (Lipinski definition) is 2. The molecule has 0 aromatic heterocycles. The molecule has 2 rings (SSSR count). The Morgan fingerprint density at radius 3 is 2.36 bits per heavy atom. The lowest BCUT2D eigenvalue weighted by Crippen LogP contribution is -2.15. The first-order valence-electron chi connectivity index (χ1n) is 6.06. The number of aryl methyl sites for hydroxylation is 1. The van der Waals surface area contributed by atoms with E-state index in [1.165, 1.54) is 6.07 Å². The third-order valence-corrected chi connectivity index (χ3v) is 4.76. The van der Waals surface area contributed by atoms with Gasteiger partial charge in [-0.05, 0) is 48.9 Å². The summed E-state index contributed by atoms with van der Waals surface area (Å²) in [5.41, 5.74) is -0.0616. The molecule has 0 saturated heterocycles. The van der Waals surface area contributed by atoms with E-state index in [2.05, 4.69) is 20.7 Å². The van der Waals surface area contributed by atoms with Gasteiger partial charge in [0.05, 0.1) is 16.1 Å². The third kappa shape index (κ3) is 3.80. The van der Waals surface area contributed by atoms with Crippen molar-refractivity contribution in [2.24, 2.45) is 0 Å². The van der Waals surface area contributed by atoms with Crippen LogP contribution in [0.15, 0.2) is 51.8 Å². The van der Waals surface area contributed by atoms with Gasteiger partial charge in [-0.15, -0.1) is 0 Å². The van der Waals surface area contributed by atoms with Gasteiger partial charge in [0.15, 0.2) is 0 Å². The first-order valence-corrected chi connectivity index (χ1v) is 8.33. The summed E-state index contributed by atoms with van der Waals surface area (Å²) in [5.74, 6) is 0. The molecule has 0 aliphatic heterocycles. The van der Waals surface area contributed by atoms with Gasteiger partial charge in [-0.3, -0.25) is 4.72 Å². The standard InChI is InChI=1S/C14H11BrF3NO2S/c1-9-7-11(15)5-6-13(9)19-22(20,21)12-4-2-3-10(8-12)14(16,17)18/h2-8,19H,1H3. The summed E-state index contributed by atoms with van der Waals surface area (Å²) in [6.07, 6.45) is -4.60. The quantitative estimate of drug-likeness (QED) is 0.829. The first-order chi connectivity index (χ1) is 10.1. The molecule has 0 spiro atoms. The average molecular weight is 394 g/mol. The zero-order valence-electron chi connectivity index (χ0n) is 11.3. The maximum absolute atomic E-state index is 12.7. The van der Waals surface area contributed by atoms with Gasteiger partial charge < -0.3 is 0 Å². The summed E-state index contributed by atoms with van der Waals surface area (Å²) in [6, 6.07) is 8.48. The van der Waals surface area contributed by atoms with Crippen LogP contribution in [0.4, 0.5) is 18.9 Å². The summed E-state index contributed by atoms with van der Waals surface area (Å²) in [6.45, 7) is 1.69. The molecule has 0 amide bonds. The molecule has 2 aromatic rings. The maximum Gasteiger partial charge on any atom is 0.416 e. The Balaban J connectivity index is 2.39. The lowest BCUT2D eigenvalue weighted by molar-refractivity contribution is -0.137. The Hall–Kier alpha value is -1.54. The Morgan fingerprint density at radius 1 is 1.09 bits per heavy atom. The lowest BCUT2D eigenvalue weighted by atomic mass is 10.2. The van der Waals surface area contributed by atoms with Crippen molar-refractivity contribution < 1.29 is 21.6 Å². The van der Waals surface area contributed by atoms with Gasteiger partial charge in [-0.2, -0.15) is 13.2 Å². The van der Waals surface area contributed by atoms with Gasteiger partial charge in [0.2, 0.25) is 0 Å². The highest BCUT2D eigenvalue weighted by Crippen LogP contribution is 2.31. The molecule has 3 nitrogen and oxygen atoms in total. The molecule has 0 unspecified atom stereocenters. The topological polar surface area (TPSA) is 46.2 Å². The van der Waals surface area contributed by atoms with E-state index in [-0.39, 0.29) is 0 Å². The number of nitrogens with one attached hydrogen (secondary N) is 1. The summed E-state index contributed by atoms with van der Waals surface area (Å²) < 4.78 is 65.5. The normalized spacial score (nSPS) is 12.2. The summed E-state index contributed by atoms with van der Waals surface area (Å²) in [7, 11) is -4.10. The van der Waals surface area contributed by atoms with Crippen molar-refractivity contribution in [2.45, 2.75) is 18.0 Å². The van der Waals surface area contributed by atoms with Gasteiger partial charge in [0, 0.05) is 4.47 Å². The predicted molar refractivity (Wildman–Crippen MR) is 81.1 cm³/mol. The molecule has 0 heterocycles. The number of benzene rings is 2. The van der Waals surface area contributed by atoms with Crippen molar-refractivity contribution in [1.29, 1.82) is 0 Å². The fraction of sp³-hybridized carbons (Fsp3) is 0.143. The highest BCUT2D eigenvalue weighted by atomic mass is 79.9. The Labute approximate surface area is 134 Å². The number of sulfonamides is 1. The predicted octanol–water partition coefficient (Wildman–Crippen LogP) is 4.58. The van der Waals surface area contributed by atoms with Crippen LogP contribution in [-0.4, -0.2) is 8.42 Å². The molecule has 0 aliphatic rings. The van der Waals surface area contributed by atoms with E-state index < -0.39 is 26.7 Å². The SMILES string of the molecule is Cc1cc(Br)ccc1NS(=O)(=O)c1cccc(C(F)(F)F)c1. The van der Waals surface area contributed by atoms with Crippen molar-refractivity contribution in [1.82, 2.24) is 0 Å². The Bertz CT molecular complexity index is 804. The molecular weight excluding hydrogens is 383 g/mol. The van der Waals surface area contributed by atoms with Crippen LogP contribution < -0.4 is 4.72 Å². The Kier molecular flexibility index (Phi) is 4.53. The molecule has 0 aliphatic carbocycles. The average Bonchev–Trinajstić information content (AvgIpc) is 2.41. The molecule has 8 heteroatoms. The zero-order chi connectivity index (χ0) is 16.5. The highest BCUT2D eigenvalue weighted by molar-refractivity contribution is 9.10. The Morgan fingerprint density at radius 2 is 1.77 bits per heavy atom. The number of halogens is 4. The molecule has 22 heavy (non-hydrogen) atoms. The van der Waals surface area contributed by atoms with Crippen LogP contribution in [0.5, 0.6) is 0 Å². The molecule has 0 atom stereocenters. The number of rotatable bonds is 3. The van der Waals surface area contributed by atoms with Gasteiger partial charge >= 0.3 is 6.18 Å². The van der Waals surface area contributed by atoms with Gasteiger partial charge in [-0.1, -0.05) is 22.0 Å². The van der Waals surface area contributed by atoms with Crippen LogP contribution in [0, 0.1) is 6.92 Å². The van der Waals surface area contributed by atoms with Gasteiger partial charge in [0.25, 0.3) is 10.0 Å². The fourth-order valence-corrected chi connectivity index (χ4v) is 3.44. The third-order valence-electron chi connectivity index (χ3n) is 2.90. The fourth-order valence-electron chi connectivity index (χ4n) is 1.78. The number of anilines is 1. The summed E-state index contributed by atoms with van der Waals surface area (Å²) >= 11 is 3.25. The minimum Gasteiger partial charge on any atom is -0.279 e. The molecule has 0 radical (unpaired) electrons. The smallest absolute Gasteiger partial charge is 0.279 e. The van der Waals surface area contributed by atoms with Crippen molar-refractivity contribution in [3.05, 3.63) is 58.1 Å². The van der Waals surface area contributed by atoms with E-state index in [1.54, 1.807) is 19.1 Å². The molecule has 0 fully saturated rings. The minimum atomic E-state index is -4.60. The summed E-state index contributed by atoms with van der Waals surface area (Å²) in [5, 5.41) is 0. The van der Waals surface area contributed by atoms with E-state index in [9.17, 15) is 21.6 Å². The second-order valence-corrected chi connectivity index (χ2v) is 7.19. The van der Waals surface area contributed by atoms with Crippen LogP contribution in [0.3, 0.4) is 0 Å². The van der Waals surface area contributed by atoms with Crippen molar-refractivity contribution in [3.63, 3.8) is 0 Å². The monoisotopic (exact) mass is 393 g/mol. The molecule has 1 N–H and O–H groups in total. The molecular formula is C14H11BrF3NO2S. The maximum atomic E-state index is 12.7. The number of hydrogen-bond donors (Lipinski definition) is 1. The van der Waals surface area contributed by atoms with Crippen LogP contribution in [0.2, 0.25) is 0 Å². The zero-order valence-corrected chi connectivity index (χ0v) is 13.7. The van der Waals surface area contributed by atoms with E-state index in [4.69, 9.17) is 0 Å². The van der Waals surface area contributed by atoms with Crippen molar-refractivity contribution >= 4 is 31.6 Å². The van der Waals surface area contributed by atoms with Crippen LogP contribution in [0.25, 0.3) is 0 Å². The number of alkyl halides is 3. The van der Waals surface area contributed by atoms with Crippen molar-refractivity contribution in [2.75, 3.05) is 4.72 Å².